The average Bonchev–Trinajstić information content (AvgIpc) is 3.38. The van der Waals surface area contributed by atoms with Crippen LogP contribution in [0.2, 0.25) is 0 Å². The highest BCUT2D eigenvalue weighted by molar-refractivity contribution is 5.37. The van der Waals surface area contributed by atoms with E-state index in [2.05, 4.69) is 53.1 Å². The molecule has 0 N–H and O–H groups in total. The number of methoxy groups -OCH3 is 1. The minimum atomic E-state index is 0.319. The molecule has 158 valence electrons. The minimum Gasteiger partial charge on any atom is -0.496 e. The molecule has 1 atom stereocenters. The normalized spacial score (nSPS) is 21.2. The maximum Gasteiger partial charge on any atom is 0.154 e. The van der Waals surface area contributed by atoms with E-state index in [0.717, 1.165) is 69.6 Å². The van der Waals surface area contributed by atoms with Gasteiger partial charge in [-0.05, 0) is 43.0 Å². The summed E-state index contributed by atoms with van der Waals surface area (Å²) >= 11 is 0. The number of hydrogen-bond acceptors (Lipinski definition) is 6. The topological polar surface area (TPSA) is 51.0 Å². The van der Waals surface area contributed by atoms with Gasteiger partial charge in [-0.15, -0.1) is 0 Å². The van der Waals surface area contributed by atoms with E-state index in [1.54, 1.807) is 7.11 Å². The third kappa shape index (κ3) is 4.82. The van der Waals surface area contributed by atoms with E-state index >= 15 is 0 Å². The van der Waals surface area contributed by atoms with E-state index in [1.165, 1.54) is 17.5 Å². The number of nitrogens with zero attached hydrogens (tertiary/aromatic N) is 3. The van der Waals surface area contributed by atoms with Gasteiger partial charge >= 0.3 is 0 Å². The number of ether oxygens (including phenoxy) is 2. The summed E-state index contributed by atoms with van der Waals surface area (Å²) in [5.74, 6) is 2.37. The number of likely N-dealkylation sites (tertiary alicyclic amines) is 1. The lowest BCUT2D eigenvalue weighted by molar-refractivity contribution is 0.0338. The van der Waals surface area contributed by atoms with Crippen molar-refractivity contribution in [3.8, 4) is 5.75 Å². The zero-order valence-electron chi connectivity index (χ0n) is 17.9. The maximum atomic E-state index is 5.71. The Bertz CT molecular complexity index is 798. The number of hydrogen-bond donors (Lipinski definition) is 0. The molecule has 0 radical (unpaired) electrons. The summed E-state index contributed by atoms with van der Waals surface area (Å²) in [4.78, 5) is 4.96. The van der Waals surface area contributed by atoms with Crippen LogP contribution >= 0.6 is 0 Å². The van der Waals surface area contributed by atoms with Crippen LogP contribution in [0.1, 0.15) is 61.2 Å². The van der Waals surface area contributed by atoms with Gasteiger partial charge in [0.25, 0.3) is 0 Å². The Morgan fingerprint density at radius 3 is 2.69 bits per heavy atom. The Morgan fingerprint density at radius 2 is 1.97 bits per heavy atom. The number of aromatic nitrogens is 1. The molecule has 2 aromatic rings. The van der Waals surface area contributed by atoms with Crippen molar-refractivity contribution in [2.45, 2.75) is 51.7 Å². The Labute approximate surface area is 173 Å². The molecule has 2 saturated heterocycles. The Balaban J connectivity index is 1.48. The summed E-state index contributed by atoms with van der Waals surface area (Å²) < 4.78 is 16.8. The molecule has 4 rings (SSSR count). The molecule has 2 aliphatic rings. The van der Waals surface area contributed by atoms with Crippen molar-refractivity contribution in [2.24, 2.45) is 0 Å². The van der Waals surface area contributed by atoms with Gasteiger partial charge in [-0.1, -0.05) is 25.1 Å². The van der Waals surface area contributed by atoms with Crippen LogP contribution < -0.4 is 4.74 Å². The minimum absolute atomic E-state index is 0.319. The van der Waals surface area contributed by atoms with Gasteiger partial charge < -0.3 is 14.0 Å². The van der Waals surface area contributed by atoms with Gasteiger partial charge in [0, 0.05) is 37.8 Å². The van der Waals surface area contributed by atoms with Gasteiger partial charge in [0.05, 0.1) is 32.1 Å². The van der Waals surface area contributed by atoms with Gasteiger partial charge in [-0.2, -0.15) is 0 Å². The molecule has 0 unspecified atom stereocenters. The lowest BCUT2D eigenvalue weighted by Crippen LogP contribution is -2.35. The number of benzene rings is 1. The monoisotopic (exact) mass is 399 g/mol. The number of morpholine rings is 1. The zero-order valence-corrected chi connectivity index (χ0v) is 17.9. The van der Waals surface area contributed by atoms with E-state index in [9.17, 15) is 0 Å². The third-order valence-electron chi connectivity index (χ3n) is 6.06. The number of rotatable bonds is 7. The van der Waals surface area contributed by atoms with E-state index in [1.807, 2.05) is 0 Å². The summed E-state index contributed by atoms with van der Waals surface area (Å²) in [6.07, 6.45) is 2.32. The van der Waals surface area contributed by atoms with Crippen molar-refractivity contribution in [3.63, 3.8) is 0 Å². The fourth-order valence-electron chi connectivity index (χ4n) is 4.36. The second-order valence-corrected chi connectivity index (χ2v) is 8.47. The second-order valence-electron chi connectivity index (χ2n) is 8.47. The predicted octanol–water partition coefficient (Wildman–Crippen LogP) is 3.98. The summed E-state index contributed by atoms with van der Waals surface area (Å²) in [6.45, 7) is 10.8. The molecular formula is C23H33N3O3. The van der Waals surface area contributed by atoms with Crippen molar-refractivity contribution >= 4 is 0 Å². The van der Waals surface area contributed by atoms with Crippen LogP contribution in [0.25, 0.3) is 0 Å². The summed E-state index contributed by atoms with van der Waals surface area (Å²) in [7, 11) is 1.75. The third-order valence-corrected chi connectivity index (χ3v) is 6.06. The average molecular weight is 400 g/mol. The van der Waals surface area contributed by atoms with Gasteiger partial charge in [0.2, 0.25) is 0 Å². The molecule has 6 heteroatoms. The lowest BCUT2D eigenvalue weighted by atomic mass is 10.1. The summed E-state index contributed by atoms with van der Waals surface area (Å²) in [5, 5.41) is 4.27. The highest BCUT2D eigenvalue weighted by Gasteiger charge is 2.29. The fourth-order valence-corrected chi connectivity index (χ4v) is 4.36. The van der Waals surface area contributed by atoms with Crippen molar-refractivity contribution < 1.29 is 14.0 Å². The SMILES string of the molecule is COc1ccc(CN2CCC[C@H]2c2cc(C(C)C)no2)cc1CN1CCOCC1. The van der Waals surface area contributed by atoms with Crippen LogP contribution in [0.15, 0.2) is 28.8 Å². The van der Waals surface area contributed by atoms with Crippen LogP contribution in [0, 0.1) is 0 Å². The molecule has 0 amide bonds. The van der Waals surface area contributed by atoms with E-state index in [4.69, 9.17) is 14.0 Å². The van der Waals surface area contributed by atoms with Crippen LogP contribution in [0.3, 0.4) is 0 Å². The van der Waals surface area contributed by atoms with Gasteiger partial charge in [-0.25, -0.2) is 0 Å². The van der Waals surface area contributed by atoms with Gasteiger partial charge in [0.15, 0.2) is 5.76 Å². The first-order chi connectivity index (χ1) is 14.1. The quantitative estimate of drug-likeness (QED) is 0.702. The zero-order chi connectivity index (χ0) is 20.2. The first-order valence-electron chi connectivity index (χ1n) is 10.8. The van der Waals surface area contributed by atoms with Crippen LogP contribution in [-0.4, -0.2) is 54.9 Å². The molecular weight excluding hydrogens is 366 g/mol. The van der Waals surface area contributed by atoms with Crippen molar-refractivity contribution in [1.82, 2.24) is 15.0 Å². The van der Waals surface area contributed by atoms with E-state index in [-0.39, 0.29) is 0 Å². The Kier molecular flexibility index (Phi) is 6.53. The standard InChI is InChI=1S/C23H33N3O3/c1-17(2)20-14-23(29-24-20)21-5-4-8-26(21)15-18-6-7-22(27-3)19(13-18)16-25-9-11-28-12-10-25/h6-7,13-14,17,21H,4-5,8-12,15-16H2,1-3H3/t21-/m0/s1. The fraction of sp³-hybridized carbons (Fsp3) is 0.609. The molecule has 3 heterocycles. The van der Waals surface area contributed by atoms with Crippen LogP contribution in [0.4, 0.5) is 0 Å². The summed E-state index contributed by atoms with van der Waals surface area (Å²) in [5.41, 5.74) is 3.62. The highest BCUT2D eigenvalue weighted by atomic mass is 16.5. The van der Waals surface area contributed by atoms with E-state index < -0.39 is 0 Å². The van der Waals surface area contributed by atoms with Crippen molar-refractivity contribution in [3.05, 3.63) is 46.8 Å². The molecule has 0 spiro atoms. The molecule has 1 aromatic heterocycles. The molecule has 0 saturated carbocycles. The Morgan fingerprint density at radius 1 is 1.14 bits per heavy atom. The van der Waals surface area contributed by atoms with Crippen LogP contribution in [-0.2, 0) is 17.8 Å². The molecule has 1 aromatic carbocycles. The molecule has 6 nitrogen and oxygen atoms in total. The first kappa shape index (κ1) is 20.4. The molecule has 0 aliphatic carbocycles. The highest BCUT2D eigenvalue weighted by Crippen LogP contribution is 2.35. The largest absolute Gasteiger partial charge is 0.496 e. The van der Waals surface area contributed by atoms with E-state index in [0.29, 0.717) is 12.0 Å². The second kappa shape index (κ2) is 9.28. The molecule has 0 bridgehead atoms. The smallest absolute Gasteiger partial charge is 0.154 e. The van der Waals surface area contributed by atoms with Crippen molar-refractivity contribution in [1.29, 1.82) is 0 Å². The molecule has 2 fully saturated rings. The Hall–Kier alpha value is -1.89. The molecule has 2 aliphatic heterocycles. The maximum absolute atomic E-state index is 5.71. The first-order valence-corrected chi connectivity index (χ1v) is 10.8. The van der Waals surface area contributed by atoms with Crippen LogP contribution in [0.5, 0.6) is 5.75 Å². The lowest BCUT2D eigenvalue weighted by Gasteiger charge is -2.28. The molecule has 29 heavy (non-hydrogen) atoms. The summed E-state index contributed by atoms with van der Waals surface area (Å²) in [6, 6.07) is 9.08. The van der Waals surface area contributed by atoms with Gasteiger partial charge in [-0.3, -0.25) is 9.80 Å². The van der Waals surface area contributed by atoms with Crippen molar-refractivity contribution in [2.75, 3.05) is 40.0 Å². The van der Waals surface area contributed by atoms with Gasteiger partial charge in [0.1, 0.15) is 5.75 Å². The predicted molar refractivity (Wildman–Crippen MR) is 112 cm³/mol.